The lowest BCUT2D eigenvalue weighted by Gasteiger charge is -2.30. The normalized spacial score (nSPS) is 13.2. The Balaban J connectivity index is 2.50. The predicted molar refractivity (Wildman–Crippen MR) is 82.1 cm³/mol. The standard InChI is InChI=1S/C16H29N3/c1-5-16(12-18-11-14(3)4)19(6-2)13-15-7-9-17-10-8-15/h7-10,14,16,18H,5-6,11-13H2,1-4H3. The number of nitrogens with one attached hydrogen (secondary N) is 1. The van der Waals surface area contributed by atoms with Crippen molar-refractivity contribution in [3.05, 3.63) is 30.1 Å². The smallest absolute Gasteiger partial charge is 0.0271 e. The van der Waals surface area contributed by atoms with Gasteiger partial charge in [0.25, 0.3) is 0 Å². The summed E-state index contributed by atoms with van der Waals surface area (Å²) in [6.45, 7) is 13.3. The number of likely N-dealkylation sites (N-methyl/N-ethyl adjacent to an activating group) is 1. The minimum absolute atomic E-state index is 0.608. The van der Waals surface area contributed by atoms with Crippen LogP contribution in [0.15, 0.2) is 24.5 Å². The zero-order chi connectivity index (χ0) is 14.1. The van der Waals surface area contributed by atoms with Gasteiger partial charge in [0.15, 0.2) is 0 Å². The van der Waals surface area contributed by atoms with Gasteiger partial charge in [-0.15, -0.1) is 0 Å². The maximum absolute atomic E-state index is 4.08. The molecule has 0 radical (unpaired) electrons. The summed E-state index contributed by atoms with van der Waals surface area (Å²) in [5.41, 5.74) is 1.35. The first-order chi connectivity index (χ1) is 9.17. The first kappa shape index (κ1) is 16.1. The molecule has 1 atom stereocenters. The molecule has 0 aliphatic carbocycles. The summed E-state index contributed by atoms with van der Waals surface area (Å²) in [7, 11) is 0. The van der Waals surface area contributed by atoms with E-state index in [4.69, 9.17) is 0 Å². The van der Waals surface area contributed by atoms with Crippen LogP contribution in [0.4, 0.5) is 0 Å². The quantitative estimate of drug-likeness (QED) is 0.742. The van der Waals surface area contributed by atoms with Crippen LogP contribution in [-0.2, 0) is 6.54 Å². The number of hydrogen-bond donors (Lipinski definition) is 1. The van der Waals surface area contributed by atoms with Crippen LogP contribution in [0.1, 0.15) is 39.7 Å². The molecule has 0 aliphatic heterocycles. The van der Waals surface area contributed by atoms with E-state index in [0.717, 1.165) is 26.2 Å². The van der Waals surface area contributed by atoms with Gasteiger partial charge >= 0.3 is 0 Å². The molecule has 1 N–H and O–H groups in total. The van der Waals surface area contributed by atoms with Crippen LogP contribution in [0.2, 0.25) is 0 Å². The van der Waals surface area contributed by atoms with Gasteiger partial charge in [-0.25, -0.2) is 0 Å². The number of nitrogens with zero attached hydrogens (tertiary/aromatic N) is 2. The summed E-state index contributed by atoms with van der Waals surface area (Å²) in [5, 5.41) is 3.58. The minimum atomic E-state index is 0.608. The molecule has 0 saturated carbocycles. The third-order valence-corrected chi connectivity index (χ3v) is 3.46. The molecule has 1 unspecified atom stereocenters. The molecule has 0 aromatic carbocycles. The van der Waals surface area contributed by atoms with Gasteiger partial charge in [-0.3, -0.25) is 9.88 Å². The molecule has 0 bridgehead atoms. The van der Waals surface area contributed by atoms with Gasteiger partial charge in [0.05, 0.1) is 0 Å². The Labute approximate surface area is 118 Å². The predicted octanol–water partition coefficient (Wildman–Crippen LogP) is 2.93. The van der Waals surface area contributed by atoms with E-state index in [2.05, 4.69) is 55.0 Å². The second-order valence-corrected chi connectivity index (χ2v) is 5.53. The van der Waals surface area contributed by atoms with Crippen LogP contribution in [0.25, 0.3) is 0 Å². The lowest BCUT2D eigenvalue weighted by atomic mass is 10.1. The Morgan fingerprint density at radius 1 is 1.16 bits per heavy atom. The molecule has 1 aromatic heterocycles. The van der Waals surface area contributed by atoms with Crippen LogP contribution in [0.5, 0.6) is 0 Å². The highest BCUT2D eigenvalue weighted by molar-refractivity contribution is 5.09. The fraction of sp³-hybridized carbons (Fsp3) is 0.688. The molecule has 3 heteroatoms. The summed E-state index contributed by atoms with van der Waals surface area (Å²) >= 11 is 0. The summed E-state index contributed by atoms with van der Waals surface area (Å²) in [5.74, 6) is 0.716. The molecule has 1 heterocycles. The highest BCUT2D eigenvalue weighted by Gasteiger charge is 2.15. The van der Waals surface area contributed by atoms with Crippen molar-refractivity contribution in [2.75, 3.05) is 19.6 Å². The van der Waals surface area contributed by atoms with E-state index in [9.17, 15) is 0 Å². The molecule has 0 amide bonds. The first-order valence-corrected chi connectivity index (χ1v) is 7.51. The number of aromatic nitrogens is 1. The van der Waals surface area contributed by atoms with Gasteiger partial charge in [-0.05, 0) is 43.1 Å². The molecule has 1 rings (SSSR count). The van der Waals surface area contributed by atoms with Crippen molar-refractivity contribution in [3.63, 3.8) is 0 Å². The maximum Gasteiger partial charge on any atom is 0.0271 e. The summed E-state index contributed by atoms with van der Waals surface area (Å²) in [6.07, 6.45) is 4.94. The Bertz CT molecular complexity index is 324. The lowest BCUT2D eigenvalue weighted by Crippen LogP contribution is -2.42. The van der Waals surface area contributed by atoms with E-state index >= 15 is 0 Å². The fourth-order valence-electron chi connectivity index (χ4n) is 2.29. The van der Waals surface area contributed by atoms with Gasteiger partial charge in [0.1, 0.15) is 0 Å². The van der Waals surface area contributed by atoms with Crippen LogP contribution in [0, 0.1) is 5.92 Å². The van der Waals surface area contributed by atoms with E-state index < -0.39 is 0 Å². The van der Waals surface area contributed by atoms with Gasteiger partial charge in [0, 0.05) is 31.5 Å². The number of rotatable bonds is 9. The molecule has 1 aromatic rings. The van der Waals surface area contributed by atoms with Crippen molar-refractivity contribution in [2.45, 2.75) is 46.7 Å². The van der Waals surface area contributed by atoms with Crippen molar-refractivity contribution >= 4 is 0 Å². The van der Waals surface area contributed by atoms with E-state index in [0.29, 0.717) is 12.0 Å². The number of hydrogen-bond acceptors (Lipinski definition) is 3. The monoisotopic (exact) mass is 263 g/mol. The molecular formula is C16H29N3. The van der Waals surface area contributed by atoms with Gasteiger partial charge in [-0.1, -0.05) is 27.7 Å². The van der Waals surface area contributed by atoms with Crippen LogP contribution < -0.4 is 5.32 Å². The van der Waals surface area contributed by atoms with Gasteiger partial charge in [0.2, 0.25) is 0 Å². The molecule has 0 aliphatic rings. The van der Waals surface area contributed by atoms with Crippen molar-refractivity contribution in [1.29, 1.82) is 0 Å². The topological polar surface area (TPSA) is 28.2 Å². The SMILES string of the molecule is CCC(CNCC(C)C)N(CC)Cc1ccncc1. The third-order valence-electron chi connectivity index (χ3n) is 3.46. The van der Waals surface area contributed by atoms with E-state index in [1.807, 2.05) is 12.4 Å². The van der Waals surface area contributed by atoms with E-state index in [-0.39, 0.29) is 0 Å². The highest BCUT2D eigenvalue weighted by Crippen LogP contribution is 2.09. The van der Waals surface area contributed by atoms with Crippen LogP contribution in [0.3, 0.4) is 0 Å². The van der Waals surface area contributed by atoms with Crippen molar-refractivity contribution < 1.29 is 0 Å². The summed E-state index contributed by atoms with van der Waals surface area (Å²) < 4.78 is 0. The fourth-order valence-corrected chi connectivity index (χ4v) is 2.29. The zero-order valence-corrected chi connectivity index (χ0v) is 12.9. The highest BCUT2D eigenvalue weighted by atomic mass is 15.2. The first-order valence-electron chi connectivity index (χ1n) is 7.51. The molecular weight excluding hydrogens is 234 g/mol. The molecule has 0 fully saturated rings. The van der Waals surface area contributed by atoms with Crippen molar-refractivity contribution in [3.8, 4) is 0 Å². The average molecular weight is 263 g/mol. The van der Waals surface area contributed by atoms with Crippen LogP contribution >= 0.6 is 0 Å². The van der Waals surface area contributed by atoms with Gasteiger partial charge in [-0.2, -0.15) is 0 Å². The Morgan fingerprint density at radius 2 is 1.84 bits per heavy atom. The second-order valence-electron chi connectivity index (χ2n) is 5.53. The summed E-state index contributed by atoms with van der Waals surface area (Å²) in [6, 6.07) is 4.82. The van der Waals surface area contributed by atoms with E-state index in [1.165, 1.54) is 12.0 Å². The van der Waals surface area contributed by atoms with E-state index in [1.54, 1.807) is 0 Å². The van der Waals surface area contributed by atoms with Crippen molar-refractivity contribution in [2.24, 2.45) is 5.92 Å². The Morgan fingerprint density at radius 3 is 2.37 bits per heavy atom. The molecule has 108 valence electrons. The molecule has 0 saturated heterocycles. The zero-order valence-electron chi connectivity index (χ0n) is 12.9. The average Bonchev–Trinajstić information content (AvgIpc) is 2.42. The third kappa shape index (κ3) is 6.17. The molecule has 3 nitrogen and oxygen atoms in total. The van der Waals surface area contributed by atoms with Crippen molar-refractivity contribution in [1.82, 2.24) is 15.2 Å². The Kier molecular flexibility index (Phi) is 7.68. The van der Waals surface area contributed by atoms with Gasteiger partial charge < -0.3 is 5.32 Å². The minimum Gasteiger partial charge on any atom is -0.315 e. The largest absolute Gasteiger partial charge is 0.315 e. The Hall–Kier alpha value is -0.930. The molecule has 0 spiro atoms. The maximum atomic E-state index is 4.08. The second kappa shape index (κ2) is 9.05. The van der Waals surface area contributed by atoms with Crippen LogP contribution in [-0.4, -0.2) is 35.6 Å². The lowest BCUT2D eigenvalue weighted by molar-refractivity contribution is 0.186. The number of pyridine rings is 1. The molecule has 19 heavy (non-hydrogen) atoms. The summed E-state index contributed by atoms with van der Waals surface area (Å²) in [4.78, 5) is 6.63.